The number of benzene rings is 10. The van der Waals surface area contributed by atoms with E-state index in [2.05, 4.69) is 245 Å². The summed E-state index contributed by atoms with van der Waals surface area (Å²) in [6.45, 7) is 50.3. The largest absolute Gasteiger partial charge is 0.244 e. The molecule has 418 valence electrons. The molecule has 0 N–H and O–H groups in total. The summed E-state index contributed by atoms with van der Waals surface area (Å²) in [6.07, 6.45) is 0. The standard InChI is InChI=1S/C80H72B2N4/c1-75(2,3)44-29-59(77(7,8)9)67(60(30-44)78(10,11)12)49-34-51-57-27-42(39-84)25-55-47-24-41(38-83)20-22-63(47)81(73(55)57)65-36-53-50(68-61(79(13,14)15)31-45(76(4,5)6)32-62(68)80(16,17)18)35-52-58-28-43(40-85)26-56-48-33-46(86-19)21-23-64(48)82(74(56)58)66-37-54(49)71(69(51)65)72(53)70(52)66/h20-37H,1-18H3. The zero-order valence-electron chi connectivity index (χ0n) is 53.3. The lowest BCUT2D eigenvalue weighted by Crippen LogP contribution is -2.53. The zero-order chi connectivity index (χ0) is 61.3. The third-order valence-corrected chi connectivity index (χ3v) is 19.9. The Kier molecular flexibility index (Phi) is 11.2. The van der Waals surface area contributed by atoms with Gasteiger partial charge >= 0.3 is 0 Å². The lowest BCUT2D eigenvalue weighted by Gasteiger charge is -2.37. The van der Waals surface area contributed by atoms with Crippen molar-refractivity contribution in [3.63, 3.8) is 0 Å². The van der Waals surface area contributed by atoms with Gasteiger partial charge in [0, 0.05) is 0 Å². The van der Waals surface area contributed by atoms with E-state index in [0.717, 1.165) is 55.4 Å². The van der Waals surface area contributed by atoms with Crippen LogP contribution in [-0.2, 0) is 32.5 Å². The predicted octanol–water partition coefficient (Wildman–Crippen LogP) is 16.8. The first-order valence-electron chi connectivity index (χ1n) is 30.8. The number of nitrogens with zero attached hydrogens (tertiary/aromatic N) is 4. The molecule has 4 aliphatic heterocycles. The van der Waals surface area contributed by atoms with Gasteiger partial charge in [0.05, 0.1) is 41.5 Å². The van der Waals surface area contributed by atoms with E-state index in [1.807, 2.05) is 12.1 Å². The minimum Gasteiger partial charge on any atom is -0.238 e. The monoisotopic (exact) mass is 1110 g/mol. The van der Waals surface area contributed by atoms with E-state index >= 15 is 0 Å². The fourth-order valence-electron chi connectivity index (χ4n) is 15.8. The molecule has 0 spiro atoms. The van der Waals surface area contributed by atoms with E-state index in [9.17, 15) is 15.8 Å². The molecule has 86 heavy (non-hydrogen) atoms. The van der Waals surface area contributed by atoms with Gasteiger partial charge in [-0.05, 0) is 220 Å². The summed E-state index contributed by atoms with van der Waals surface area (Å²) in [4.78, 5) is 3.99. The van der Waals surface area contributed by atoms with Crippen molar-refractivity contribution in [3.8, 4) is 85.0 Å². The Morgan fingerprint density at radius 2 is 0.663 bits per heavy atom. The highest BCUT2D eigenvalue weighted by molar-refractivity contribution is 7.03. The van der Waals surface area contributed by atoms with Crippen molar-refractivity contribution in [2.75, 3.05) is 0 Å². The third-order valence-electron chi connectivity index (χ3n) is 19.9. The quantitative estimate of drug-likeness (QED) is 0.0983. The van der Waals surface area contributed by atoms with Crippen molar-refractivity contribution in [1.82, 2.24) is 0 Å². The summed E-state index contributed by atoms with van der Waals surface area (Å²) in [5, 5.41) is 39.9. The highest BCUT2D eigenvalue weighted by Gasteiger charge is 2.46. The molecule has 0 radical (unpaired) electrons. The van der Waals surface area contributed by atoms with Crippen molar-refractivity contribution >= 4 is 84.2 Å². The molecule has 4 heterocycles. The van der Waals surface area contributed by atoms with Crippen LogP contribution in [-0.4, -0.2) is 13.4 Å². The third kappa shape index (κ3) is 7.64. The summed E-state index contributed by atoms with van der Waals surface area (Å²) < 4.78 is 0. The van der Waals surface area contributed by atoms with Crippen LogP contribution in [0.3, 0.4) is 0 Å². The maximum atomic E-state index is 11.1. The number of hydrogen-bond donors (Lipinski definition) is 0. The Morgan fingerprint density at radius 1 is 0.326 bits per heavy atom. The van der Waals surface area contributed by atoms with E-state index in [-0.39, 0.29) is 45.9 Å². The second kappa shape index (κ2) is 17.5. The summed E-state index contributed by atoms with van der Waals surface area (Å²) in [6, 6.07) is 48.8. The molecule has 10 aromatic rings. The number of hydrogen-bond acceptors (Lipinski definition) is 3. The molecule has 6 heteroatoms. The van der Waals surface area contributed by atoms with E-state index in [1.54, 1.807) is 0 Å². The number of fused-ring (bicyclic) bond motifs is 10. The molecule has 14 rings (SSSR count). The minimum absolute atomic E-state index is 0.130. The SMILES string of the molecule is [C-]#[N+]c1ccc2c(c1)-c1cc(C#N)cc3c1B2c1cc2c(-c4c(C(C)(C)C)cc(C(C)(C)C)cc4C(C)(C)C)cc4c5c(cc6c(-c7c(C(C)(C)C)cc(C(C)(C)C)cc7C(C)(C)C)cc-3c1c6c25)B1c2ccc(C#N)cc2-c2cc(C#N)cc-4c21. The summed E-state index contributed by atoms with van der Waals surface area (Å²) >= 11 is 0. The van der Waals surface area contributed by atoms with Crippen LogP contribution in [0.4, 0.5) is 5.69 Å². The lowest BCUT2D eigenvalue weighted by molar-refractivity contribution is 0.550. The first kappa shape index (κ1) is 55.2. The molecule has 0 saturated heterocycles. The van der Waals surface area contributed by atoms with Gasteiger partial charge in [0.25, 0.3) is 0 Å². The van der Waals surface area contributed by atoms with Crippen LogP contribution in [0.2, 0.25) is 0 Å². The molecule has 4 aliphatic rings. The van der Waals surface area contributed by atoms with E-state index in [1.165, 1.54) is 110 Å². The molecular weight excluding hydrogens is 1040 g/mol. The molecule has 0 aromatic heterocycles. The predicted molar refractivity (Wildman–Crippen MR) is 365 cm³/mol. The normalized spacial score (nSPS) is 13.8. The van der Waals surface area contributed by atoms with Crippen molar-refractivity contribution in [3.05, 3.63) is 171 Å². The summed E-state index contributed by atoms with van der Waals surface area (Å²) in [7, 11) is 0. The van der Waals surface area contributed by atoms with E-state index in [0.29, 0.717) is 22.4 Å². The van der Waals surface area contributed by atoms with Gasteiger partial charge in [-0.3, -0.25) is 0 Å². The van der Waals surface area contributed by atoms with Gasteiger partial charge in [0.2, 0.25) is 13.4 Å². The van der Waals surface area contributed by atoms with Crippen LogP contribution < -0.4 is 32.8 Å². The second-order valence-corrected chi connectivity index (χ2v) is 31.7. The Morgan fingerprint density at radius 3 is 1.00 bits per heavy atom. The Bertz CT molecular complexity index is 4590. The van der Waals surface area contributed by atoms with Crippen LogP contribution in [0.5, 0.6) is 0 Å². The van der Waals surface area contributed by atoms with Crippen molar-refractivity contribution in [2.24, 2.45) is 0 Å². The molecule has 10 aromatic carbocycles. The van der Waals surface area contributed by atoms with Crippen LogP contribution in [0.25, 0.3) is 104 Å². The molecule has 0 amide bonds. The van der Waals surface area contributed by atoms with Gasteiger partial charge in [-0.15, -0.1) is 0 Å². The topological polar surface area (TPSA) is 75.7 Å². The molecule has 0 bridgehead atoms. The molecule has 0 aliphatic carbocycles. The van der Waals surface area contributed by atoms with Gasteiger partial charge in [0.1, 0.15) is 0 Å². The maximum absolute atomic E-state index is 11.1. The number of nitriles is 3. The molecule has 0 atom stereocenters. The maximum Gasteiger partial charge on any atom is 0.244 e. The van der Waals surface area contributed by atoms with E-state index in [4.69, 9.17) is 6.57 Å². The average Bonchev–Trinajstić information content (AvgIpc) is 1.21. The van der Waals surface area contributed by atoms with Gasteiger partial charge in [-0.1, -0.05) is 212 Å². The fraction of sp³-hybridized carbons (Fsp3) is 0.300. The van der Waals surface area contributed by atoms with Gasteiger partial charge in [0.15, 0.2) is 5.69 Å². The molecule has 0 saturated carbocycles. The Balaban J connectivity index is 1.31. The van der Waals surface area contributed by atoms with Crippen molar-refractivity contribution in [2.45, 2.75) is 157 Å². The molecule has 4 nitrogen and oxygen atoms in total. The summed E-state index contributed by atoms with van der Waals surface area (Å²) in [5.74, 6) is 0. The van der Waals surface area contributed by atoms with Gasteiger partial charge in [-0.25, -0.2) is 4.85 Å². The highest BCUT2D eigenvalue weighted by Crippen LogP contribution is 2.56. The van der Waals surface area contributed by atoms with Crippen molar-refractivity contribution in [1.29, 1.82) is 15.8 Å². The summed E-state index contributed by atoms with van der Waals surface area (Å²) in [5.41, 5.74) is 29.2. The van der Waals surface area contributed by atoms with Crippen molar-refractivity contribution < 1.29 is 0 Å². The minimum atomic E-state index is -0.284. The smallest absolute Gasteiger partial charge is 0.238 e. The first-order valence-corrected chi connectivity index (χ1v) is 30.8. The molecular formula is C80H72B2N4. The van der Waals surface area contributed by atoms with Gasteiger partial charge < -0.3 is 0 Å². The van der Waals surface area contributed by atoms with Crippen LogP contribution in [0.15, 0.2) is 109 Å². The van der Waals surface area contributed by atoms with Crippen LogP contribution in [0.1, 0.15) is 175 Å². The van der Waals surface area contributed by atoms with Crippen LogP contribution >= 0.6 is 0 Å². The second-order valence-electron chi connectivity index (χ2n) is 31.7. The fourth-order valence-corrected chi connectivity index (χ4v) is 15.8. The molecule has 0 unspecified atom stereocenters. The van der Waals surface area contributed by atoms with E-state index < -0.39 is 0 Å². The molecule has 0 fully saturated rings. The Labute approximate surface area is 509 Å². The number of rotatable bonds is 2. The Hall–Kier alpha value is -8.67. The zero-order valence-corrected chi connectivity index (χ0v) is 53.3. The highest BCUT2D eigenvalue weighted by atomic mass is 14.6. The van der Waals surface area contributed by atoms with Crippen LogP contribution in [0, 0.1) is 40.6 Å². The average molecular weight is 1110 g/mol. The lowest BCUT2D eigenvalue weighted by atomic mass is 9.34. The van der Waals surface area contributed by atoms with Gasteiger partial charge in [-0.2, -0.15) is 15.8 Å². The first-order chi connectivity index (χ1) is 40.3.